The van der Waals surface area contributed by atoms with Gasteiger partial charge >= 0.3 is 0 Å². The lowest BCUT2D eigenvalue weighted by molar-refractivity contribution is 1.09. The van der Waals surface area contributed by atoms with Gasteiger partial charge in [-0.3, -0.25) is 0 Å². The van der Waals surface area contributed by atoms with Crippen molar-refractivity contribution in [3.05, 3.63) is 11.6 Å². The molecular weight excluding hydrogens is 137 g/mol. The summed E-state index contributed by atoms with van der Waals surface area (Å²) >= 11 is 10.6. The first-order chi connectivity index (χ1) is 3.30. The van der Waals surface area contributed by atoms with Crippen LogP contribution in [0.1, 0.15) is 0 Å². The number of aromatic nitrogens is 3. The van der Waals surface area contributed by atoms with E-state index < -0.39 is 0 Å². The lowest BCUT2D eigenvalue weighted by Gasteiger charge is -1.77. The largest absolute Gasteiger partial charge is 0.239 e. The third-order valence-electron chi connectivity index (χ3n) is 0.470. The van der Waals surface area contributed by atoms with Crippen molar-refractivity contribution in [1.29, 1.82) is 0 Å². The highest BCUT2D eigenvalue weighted by molar-refractivity contribution is 6.31. The van der Waals surface area contributed by atoms with Crippen LogP contribution in [0.25, 0.3) is 0 Å². The maximum atomic E-state index is 5.28. The SMILES string of the molecule is Clc1nncn1Cl. The summed E-state index contributed by atoms with van der Waals surface area (Å²) in [6.45, 7) is 0. The zero-order chi connectivity index (χ0) is 5.28. The van der Waals surface area contributed by atoms with E-state index in [1.54, 1.807) is 0 Å². The summed E-state index contributed by atoms with van der Waals surface area (Å²) in [6, 6.07) is 0. The van der Waals surface area contributed by atoms with Crippen molar-refractivity contribution in [3.63, 3.8) is 0 Å². The third kappa shape index (κ3) is 0.838. The summed E-state index contributed by atoms with van der Waals surface area (Å²) in [5.74, 6) is 0. The van der Waals surface area contributed by atoms with Crippen LogP contribution in [0.15, 0.2) is 6.33 Å². The Balaban J connectivity index is 3.12. The summed E-state index contributed by atoms with van der Waals surface area (Å²) in [5.41, 5.74) is 0. The Morgan fingerprint density at radius 3 is 2.57 bits per heavy atom. The Morgan fingerprint density at radius 2 is 2.43 bits per heavy atom. The minimum Gasteiger partial charge on any atom is -0.212 e. The molecule has 0 radical (unpaired) electrons. The van der Waals surface area contributed by atoms with E-state index in [0.717, 1.165) is 4.09 Å². The fourth-order valence-corrected chi connectivity index (χ4v) is 0.369. The minimum absolute atomic E-state index is 0.182. The molecule has 1 aromatic heterocycles. The molecule has 0 aliphatic rings. The molecule has 38 valence electrons. The van der Waals surface area contributed by atoms with Gasteiger partial charge in [-0.25, -0.2) is 4.09 Å². The van der Waals surface area contributed by atoms with Crippen molar-refractivity contribution in [2.24, 2.45) is 0 Å². The summed E-state index contributed by atoms with van der Waals surface area (Å²) < 4.78 is 1.10. The van der Waals surface area contributed by atoms with Gasteiger partial charge < -0.3 is 0 Å². The van der Waals surface area contributed by atoms with Crippen LogP contribution in [0.5, 0.6) is 0 Å². The second-order valence-corrected chi connectivity index (χ2v) is 1.61. The first kappa shape index (κ1) is 4.87. The average Bonchev–Trinajstić information content (AvgIpc) is 1.91. The lowest BCUT2D eigenvalue weighted by atomic mass is 11.3. The highest BCUT2D eigenvalue weighted by atomic mass is 35.5. The predicted octanol–water partition coefficient (Wildman–Crippen LogP) is 0.933. The zero-order valence-corrected chi connectivity index (χ0v) is 4.69. The van der Waals surface area contributed by atoms with E-state index >= 15 is 0 Å². The standard InChI is InChI=1S/C2HCl2N3/c3-2-6-5-1-7(2)4/h1H. The fourth-order valence-electron chi connectivity index (χ4n) is 0.209. The second kappa shape index (κ2) is 1.68. The summed E-state index contributed by atoms with van der Waals surface area (Å²) in [5, 5.41) is 6.92. The molecule has 0 unspecified atom stereocenters. The van der Waals surface area contributed by atoms with Crippen LogP contribution in [0.3, 0.4) is 0 Å². The maximum absolute atomic E-state index is 5.28. The molecule has 5 heteroatoms. The third-order valence-corrected chi connectivity index (χ3v) is 1.06. The molecular formula is C2HCl2N3. The van der Waals surface area contributed by atoms with E-state index in [9.17, 15) is 0 Å². The molecule has 0 N–H and O–H groups in total. The van der Waals surface area contributed by atoms with Crippen LogP contribution in [0, 0.1) is 0 Å². The van der Waals surface area contributed by atoms with Gasteiger partial charge in [-0.2, -0.15) is 0 Å². The van der Waals surface area contributed by atoms with Crippen molar-refractivity contribution in [1.82, 2.24) is 14.3 Å². The van der Waals surface area contributed by atoms with Gasteiger partial charge in [0.2, 0.25) is 5.28 Å². The molecule has 0 saturated carbocycles. The van der Waals surface area contributed by atoms with Gasteiger partial charge in [0.05, 0.1) is 0 Å². The van der Waals surface area contributed by atoms with Gasteiger partial charge in [-0.15, -0.1) is 10.2 Å². The molecule has 7 heavy (non-hydrogen) atoms. The van der Waals surface area contributed by atoms with E-state index in [1.165, 1.54) is 6.33 Å². The first-order valence-corrected chi connectivity index (χ1v) is 2.24. The Morgan fingerprint density at radius 1 is 1.71 bits per heavy atom. The van der Waals surface area contributed by atoms with E-state index in [2.05, 4.69) is 10.2 Å². The van der Waals surface area contributed by atoms with Crippen molar-refractivity contribution >= 4 is 23.4 Å². The number of rotatable bonds is 0. The van der Waals surface area contributed by atoms with Gasteiger partial charge in [0, 0.05) is 11.8 Å². The van der Waals surface area contributed by atoms with Crippen LogP contribution in [-0.4, -0.2) is 14.3 Å². The van der Waals surface area contributed by atoms with Crippen molar-refractivity contribution in [2.45, 2.75) is 0 Å². The predicted molar refractivity (Wildman–Crippen MR) is 26.3 cm³/mol. The summed E-state index contributed by atoms with van der Waals surface area (Å²) in [7, 11) is 0. The number of hydrogen-bond donors (Lipinski definition) is 0. The molecule has 0 bridgehead atoms. The smallest absolute Gasteiger partial charge is 0.212 e. The number of nitrogens with zero attached hydrogens (tertiary/aromatic N) is 3. The van der Waals surface area contributed by atoms with E-state index in [-0.39, 0.29) is 5.28 Å². The van der Waals surface area contributed by atoms with E-state index in [0.29, 0.717) is 0 Å². The molecule has 1 aromatic rings. The highest BCUT2D eigenvalue weighted by Crippen LogP contribution is 2.01. The molecule has 1 rings (SSSR count). The van der Waals surface area contributed by atoms with E-state index in [1.807, 2.05) is 0 Å². The topological polar surface area (TPSA) is 30.7 Å². The number of halogens is 2. The van der Waals surface area contributed by atoms with Crippen LogP contribution in [0.4, 0.5) is 0 Å². The summed E-state index contributed by atoms with van der Waals surface area (Å²) in [4.78, 5) is 0. The molecule has 0 saturated heterocycles. The molecule has 1 heterocycles. The van der Waals surface area contributed by atoms with Crippen molar-refractivity contribution in [2.75, 3.05) is 0 Å². The Hall–Kier alpha value is -0.280. The van der Waals surface area contributed by atoms with Crippen molar-refractivity contribution < 1.29 is 0 Å². The van der Waals surface area contributed by atoms with Gasteiger partial charge in [0.25, 0.3) is 0 Å². The van der Waals surface area contributed by atoms with E-state index in [4.69, 9.17) is 23.4 Å². The molecule has 0 aliphatic carbocycles. The zero-order valence-electron chi connectivity index (χ0n) is 3.17. The number of hydrogen-bond acceptors (Lipinski definition) is 2. The second-order valence-electron chi connectivity index (χ2n) is 0.911. The molecule has 0 aromatic carbocycles. The molecule has 0 amide bonds. The molecule has 3 nitrogen and oxygen atoms in total. The first-order valence-electron chi connectivity index (χ1n) is 1.52. The lowest BCUT2D eigenvalue weighted by Crippen LogP contribution is -1.72. The Kier molecular flexibility index (Phi) is 1.17. The fraction of sp³-hybridized carbons (Fsp3) is 0. The Bertz CT molecular complexity index is 143. The molecule has 0 spiro atoms. The molecule has 0 aliphatic heterocycles. The normalized spacial score (nSPS) is 9.43. The maximum Gasteiger partial charge on any atom is 0.239 e. The molecule has 0 fully saturated rings. The quantitative estimate of drug-likeness (QED) is 0.533. The highest BCUT2D eigenvalue weighted by Gasteiger charge is 1.91. The minimum atomic E-state index is 0.182. The van der Waals surface area contributed by atoms with Gasteiger partial charge in [-0.1, -0.05) is 0 Å². The van der Waals surface area contributed by atoms with Crippen molar-refractivity contribution in [3.8, 4) is 0 Å². The molecule has 0 atom stereocenters. The van der Waals surface area contributed by atoms with Gasteiger partial charge in [0.1, 0.15) is 6.33 Å². The van der Waals surface area contributed by atoms with Crippen LogP contribution < -0.4 is 0 Å². The van der Waals surface area contributed by atoms with Crippen LogP contribution in [-0.2, 0) is 0 Å². The summed E-state index contributed by atoms with van der Waals surface area (Å²) in [6.07, 6.45) is 1.31. The van der Waals surface area contributed by atoms with Crippen LogP contribution >= 0.6 is 23.4 Å². The van der Waals surface area contributed by atoms with Gasteiger partial charge in [0.15, 0.2) is 0 Å². The van der Waals surface area contributed by atoms with Gasteiger partial charge in [-0.05, 0) is 11.6 Å². The van der Waals surface area contributed by atoms with Crippen LogP contribution in [0.2, 0.25) is 5.28 Å². The average molecular weight is 138 g/mol. The monoisotopic (exact) mass is 137 g/mol. The Labute approximate surface area is 50.0 Å².